The van der Waals surface area contributed by atoms with E-state index in [4.69, 9.17) is 14.6 Å². The highest BCUT2D eigenvalue weighted by molar-refractivity contribution is 6.08. The summed E-state index contributed by atoms with van der Waals surface area (Å²) in [5.74, 6) is 1.98. The largest absolute Gasteiger partial charge is 0.493 e. The van der Waals surface area contributed by atoms with Crippen LogP contribution in [0.15, 0.2) is 29.4 Å². The third-order valence-corrected chi connectivity index (χ3v) is 7.41. The number of rotatable bonds is 3. The molecule has 0 bridgehead atoms. The fourth-order valence-electron chi connectivity index (χ4n) is 5.85. The van der Waals surface area contributed by atoms with Gasteiger partial charge in [-0.2, -0.15) is 5.10 Å². The van der Waals surface area contributed by atoms with Gasteiger partial charge in [0.05, 0.1) is 24.8 Å². The van der Waals surface area contributed by atoms with Crippen LogP contribution in [-0.2, 0) is 11.2 Å². The normalized spacial score (nSPS) is 27.8. The Kier molecular flexibility index (Phi) is 5.31. The summed E-state index contributed by atoms with van der Waals surface area (Å²) in [4.78, 5) is 13.5. The number of allylic oxidation sites excluding steroid dienone is 2. The molecule has 0 saturated heterocycles. The molecule has 1 amide bonds. The average Bonchev–Trinajstić information content (AvgIpc) is 2.92. The summed E-state index contributed by atoms with van der Waals surface area (Å²) in [7, 11) is 1.69. The van der Waals surface area contributed by atoms with Crippen molar-refractivity contribution in [1.82, 2.24) is 5.01 Å². The van der Waals surface area contributed by atoms with E-state index in [1.807, 2.05) is 11.1 Å². The highest BCUT2D eigenvalue weighted by atomic mass is 16.5. The van der Waals surface area contributed by atoms with E-state index in [-0.39, 0.29) is 29.4 Å². The third kappa shape index (κ3) is 3.66. The number of hydrogen-bond acceptors (Lipinski definition) is 4. The number of methoxy groups -OCH3 is 1. The summed E-state index contributed by atoms with van der Waals surface area (Å²) in [6, 6.07) is 4.37. The van der Waals surface area contributed by atoms with Crippen molar-refractivity contribution >= 4 is 11.6 Å². The molecule has 0 aromatic heterocycles. The molecule has 1 aromatic carbocycles. The number of amides is 1. The zero-order valence-electron chi connectivity index (χ0n) is 19.0. The average molecular weight is 423 g/mol. The highest BCUT2D eigenvalue weighted by Gasteiger charge is 2.44. The molecular formula is C26H34N2O3. The van der Waals surface area contributed by atoms with Crippen molar-refractivity contribution in [2.24, 2.45) is 16.9 Å². The molecule has 0 unspecified atom stereocenters. The fraction of sp³-hybridized carbons (Fsp3) is 0.615. The summed E-state index contributed by atoms with van der Waals surface area (Å²) in [5, 5.41) is 7.02. The summed E-state index contributed by atoms with van der Waals surface area (Å²) >= 11 is 0. The van der Waals surface area contributed by atoms with Gasteiger partial charge in [0.25, 0.3) is 0 Å². The van der Waals surface area contributed by atoms with Crippen molar-refractivity contribution in [2.45, 2.75) is 83.3 Å². The Balaban J connectivity index is 1.61. The minimum atomic E-state index is -0.274. The second kappa shape index (κ2) is 7.99. The highest BCUT2D eigenvalue weighted by Crippen LogP contribution is 2.46. The van der Waals surface area contributed by atoms with Gasteiger partial charge in [-0.3, -0.25) is 4.79 Å². The SMILES string of the molecule is COc1ccc(C2=NN(C3CCCCCC3)C(=O)[C@@H]3CC=CC[C@H]23)c2c1OC(C)(C)C2. The van der Waals surface area contributed by atoms with E-state index >= 15 is 0 Å². The first kappa shape index (κ1) is 20.6. The Labute approximate surface area is 185 Å². The number of benzene rings is 1. The van der Waals surface area contributed by atoms with Crippen LogP contribution in [0.1, 0.15) is 76.3 Å². The summed E-state index contributed by atoms with van der Waals surface area (Å²) in [6.07, 6.45) is 13.9. The molecule has 4 aliphatic rings. The smallest absolute Gasteiger partial charge is 0.247 e. The van der Waals surface area contributed by atoms with E-state index in [9.17, 15) is 4.79 Å². The predicted octanol–water partition coefficient (Wildman–Crippen LogP) is 5.26. The number of hydrazone groups is 1. The zero-order chi connectivity index (χ0) is 21.6. The minimum Gasteiger partial charge on any atom is -0.493 e. The summed E-state index contributed by atoms with van der Waals surface area (Å²) in [5.41, 5.74) is 3.10. The molecule has 2 aliphatic carbocycles. The van der Waals surface area contributed by atoms with Crippen LogP contribution in [0.2, 0.25) is 0 Å². The molecule has 0 spiro atoms. The maximum absolute atomic E-state index is 13.5. The second-order valence-corrected chi connectivity index (χ2v) is 10.1. The number of fused-ring (bicyclic) bond motifs is 2. The van der Waals surface area contributed by atoms with Crippen LogP contribution >= 0.6 is 0 Å². The third-order valence-electron chi connectivity index (χ3n) is 7.41. The maximum atomic E-state index is 13.5. The lowest BCUT2D eigenvalue weighted by Crippen LogP contribution is -2.49. The molecule has 31 heavy (non-hydrogen) atoms. The number of hydrogen-bond donors (Lipinski definition) is 0. The molecule has 0 N–H and O–H groups in total. The van der Waals surface area contributed by atoms with Gasteiger partial charge in [-0.15, -0.1) is 0 Å². The Morgan fingerprint density at radius 1 is 1.06 bits per heavy atom. The maximum Gasteiger partial charge on any atom is 0.247 e. The van der Waals surface area contributed by atoms with Crippen LogP contribution in [0.4, 0.5) is 0 Å². The van der Waals surface area contributed by atoms with Gasteiger partial charge in [-0.05, 0) is 51.7 Å². The Bertz CT molecular complexity index is 925. The van der Waals surface area contributed by atoms with E-state index in [0.29, 0.717) is 0 Å². The van der Waals surface area contributed by atoms with Crippen molar-refractivity contribution in [3.05, 3.63) is 35.4 Å². The topological polar surface area (TPSA) is 51.1 Å². The number of ether oxygens (including phenoxy) is 2. The number of carbonyl (C=O) groups is 1. The van der Waals surface area contributed by atoms with Crippen LogP contribution in [0, 0.1) is 11.8 Å². The van der Waals surface area contributed by atoms with Gasteiger partial charge in [0.15, 0.2) is 11.5 Å². The minimum absolute atomic E-state index is 0.00571. The Morgan fingerprint density at radius 2 is 1.77 bits per heavy atom. The molecule has 1 aromatic rings. The van der Waals surface area contributed by atoms with Gasteiger partial charge in [0, 0.05) is 23.5 Å². The lowest BCUT2D eigenvalue weighted by atomic mass is 9.75. The standard InChI is InChI=1S/C26H34N2O3/c1-26(2)16-21-19(14-15-22(30-3)24(21)31-26)23-18-12-8-9-13-20(18)25(29)28(27-23)17-10-6-4-5-7-11-17/h8-9,14-15,17-18,20H,4-7,10-13,16H2,1-3H3/t18-,20+/m0/s1. The first-order valence-electron chi connectivity index (χ1n) is 11.9. The van der Waals surface area contributed by atoms with Gasteiger partial charge in [0.1, 0.15) is 5.60 Å². The first-order chi connectivity index (χ1) is 15.0. The van der Waals surface area contributed by atoms with E-state index in [1.54, 1.807) is 7.11 Å². The Hall–Kier alpha value is -2.30. The molecule has 1 saturated carbocycles. The van der Waals surface area contributed by atoms with E-state index in [0.717, 1.165) is 54.9 Å². The molecule has 2 atom stereocenters. The fourth-order valence-corrected chi connectivity index (χ4v) is 5.85. The summed E-state index contributed by atoms with van der Waals surface area (Å²) < 4.78 is 11.9. The van der Waals surface area contributed by atoms with Gasteiger partial charge >= 0.3 is 0 Å². The predicted molar refractivity (Wildman–Crippen MR) is 122 cm³/mol. The second-order valence-electron chi connectivity index (χ2n) is 10.1. The molecule has 2 aliphatic heterocycles. The van der Waals surface area contributed by atoms with Crippen LogP contribution in [0.25, 0.3) is 0 Å². The quantitative estimate of drug-likeness (QED) is 0.493. The number of carbonyl (C=O) groups excluding carboxylic acids is 1. The monoisotopic (exact) mass is 422 g/mol. The Morgan fingerprint density at radius 3 is 2.48 bits per heavy atom. The zero-order valence-corrected chi connectivity index (χ0v) is 19.0. The molecule has 1 fully saturated rings. The van der Waals surface area contributed by atoms with Gasteiger partial charge < -0.3 is 9.47 Å². The van der Waals surface area contributed by atoms with Crippen LogP contribution in [0.5, 0.6) is 11.5 Å². The van der Waals surface area contributed by atoms with Crippen molar-refractivity contribution < 1.29 is 14.3 Å². The van der Waals surface area contributed by atoms with Crippen molar-refractivity contribution in [3.8, 4) is 11.5 Å². The van der Waals surface area contributed by atoms with E-state index < -0.39 is 0 Å². The van der Waals surface area contributed by atoms with Gasteiger partial charge in [0.2, 0.25) is 5.91 Å². The van der Waals surface area contributed by atoms with Crippen molar-refractivity contribution in [3.63, 3.8) is 0 Å². The molecule has 5 heteroatoms. The number of nitrogens with zero attached hydrogens (tertiary/aromatic N) is 2. The first-order valence-corrected chi connectivity index (χ1v) is 11.9. The lowest BCUT2D eigenvalue weighted by Gasteiger charge is -2.40. The molecule has 166 valence electrons. The lowest BCUT2D eigenvalue weighted by molar-refractivity contribution is -0.140. The van der Waals surface area contributed by atoms with E-state index in [2.05, 4.69) is 32.1 Å². The van der Waals surface area contributed by atoms with Crippen LogP contribution in [-0.4, -0.2) is 35.4 Å². The van der Waals surface area contributed by atoms with E-state index in [1.165, 1.54) is 31.2 Å². The molecule has 5 rings (SSSR count). The van der Waals surface area contributed by atoms with Gasteiger partial charge in [-0.25, -0.2) is 5.01 Å². The van der Waals surface area contributed by atoms with Crippen molar-refractivity contribution in [2.75, 3.05) is 7.11 Å². The van der Waals surface area contributed by atoms with Crippen LogP contribution < -0.4 is 9.47 Å². The molecule has 2 heterocycles. The molecule has 5 nitrogen and oxygen atoms in total. The molecular weight excluding hydrogens is 388 g/mol. The summed E-state index contributed by atoms with van der Waals surface area (Å²) in [6.45, 7) is 4.23. The van der Waals surface area contributed by atoms with Crippen molar-refractivity contribution in [1.29, 1.82) is 0 Å². The van der Waals surface area contributed by atoms with Gasteiger partial charge in [-0.1, -0.05) is 37.8 Å². The molecule has 0 radical (unpaired) electrons. The van der Waals surface area contributed by atoms with Crippen LogP contribution in [0.3, 0.4) is 0 Å².